The van der Waals surface area contributed by atoms with Crippen LogP contribution < -0.4 is 10.1 Å². The van der Waals surface area contributed by atoms with E-state index in [-0.39, 0.29) is 6.04 Å². The molecule has 0 aliphatic rings. The van der Waals surface area contributed by atoms with Crippen molar-refractivity contribution >= 4 is 9.84 Å². The number of sulfone groups is 1. The maximum atomic E-state index is 12.1. The van der Waals surface area contributed by atoms with Crippen molar-refractivity contribution in [3.8, 4) is 5.75 Å². The van der Waals surface area contributed by atoms with Gasteiger partial charge in [-0.1, -0.05) is 26.0 Å². The third kappa shape index (κ3) is 4.45. The highest BCUT2D eigenvalue weighted by molar-refractivity contribution is 7.92. The second kappa shape index (κ2) is 7.27. The smallest absolute Gasteiger partial charge is 0.154 e. The monoisotopic (exact) mass is 313 g/mol. The first-order chi connectivity index (χ1) is 9.74. The summed E-state index contributed by atoms with van der Waals surface area (Å²) in [7, 11) is -3.19. The van der Waals surface area contributed by atoms with Crippen LogP contribution in [0, 0.1) is 0 Å². The zero-order valence-electron chi connectivity index (χ0n) is 13.6. The second-order valence-corrected chi connectivity index (χ2v) is 8.38. The predicted molar refractivity (Wildman–Crippen MR) is 87.6 cm³/mol. The van der Waals surface area contributed by atoms with E-state index in [1.165, 1.54) is 6.26 Å². The van der Waals surface area contributed by atoms with Crippen LogP contribution in [0.25, 0.3) is 0 Å². The lowest BCUT2D eigenvalue weighted by Crippen LogP contribution is -2.44. The molecule has 0 saturated carbocycles. The zero-order valence-corrected chi connectivity index (χ0v) is 14.5. The third-order valence-electron chi connectivity index (χ3n) is 3.75. The van der Waals surface area contributed by atoms with Crippen LogP contribution in [0.4, 0.5) is 0 Å². The minimum Gasteiger partial charge on any atom is -0.494 e. The Morgan fingerprint density at radius 3 is 2.19 bits per heavy atom. The van der Waals surface area contributed by atoms with Gasteiger partial charge in [-0.15, -0.1) is 0 Å². The number of nitrogens with one attached hydrogen (secondary N) is 1. The largest absolute Gasteiger partial charge is 0.494 e. The van der Waals surface area contributed by atoms with Crippen LogP contribution in [0.1, 0.15) is 45.7 Å². The molecule has 0 spiro atoms. The Labute approximate surface area is 128 Å². The second-order valence-electron chi connectivity index (χ2n) is 5.78. The molecular weight excluding hydrogens is 286 g/mol. The van der Waals surface area contributed by atoms with Gasteiger partial charge in [0.25, 0.3) is 0 Å². The van der Waals surface area contributed by atoms with Crippen LogP contribution in [0.5, 0.6) is 5.75 Å². The molecule has 5 heteroatoms. The first-order valence-electron chi connectivity index (χ1n) is 7.39. The summed E-state index contributed by atoms with van der Waals surface area (Å²) in [5.41, 5.74) is 0.955. The summed E-state index contributed by atoms with van der Waals surface area (Å²) < 4.78 is 28.9. The molecule has 120 valence electrons. The molecule has 1 aromatic rings. The van der Waals surface area contributed by atoms with E-state index in [9.17, 15) is 8.42 Å². The van der Waals surface area contributed by atoms with Crippen LogP contribution in [0.3, 0.4) is 0 Å². The Bertz CT molecular complexity index is 535. The molecule has 21 heavy (non-hydrogen) atoms. The summed E-state index contributed by atoms with van der Waals surface area (Å²) in [6, 6.07) is 7.41. The highest BCUT2D eigenvalue weighted by Gasteiger charge is 2.39. The van der Waals surface area contributed by atoms with Crippen LogP contribution in [-0.4, -0.2) is 32.6 Å². The van der Waals surface area contributed by atoms with E-state index in [0.29, 0.717) is 13.2 Å². The molecular formula is C16H27NO3S. The minimum absolute atomic E-state index is 0.252. The molecule has 1 rings (SSSR count). The van der Waals surface area contributed by atoms with E-state index in [1.54, 1.807) is 13.8 Å². The highest BCUT2D eigenvalue weighted by atomic mass is 32.2. The fourth-order valence-corrected chi connectivity index (χ4v) is 2.81. The molecule has 0 fully saturated rings. The van der Waals surface area contributed by atoms with Gasteiger partial charge < -0.3 is 10.1 Å². The van der Waals surface area contributed by atoms with Gasteiger partial charge in [-0.05, 0) is 44.5 Å². The van der Waals surface area contributed by atoms with Gasteiger partial charge in [-0.25, -0.2) is 8.42 Å². The molecule has 0 amide bonds. The average molecular weight is 313 g/mol. The fraction of sp³-hybridized carbons (Fsp3) is 0.625. The van der Waals surface area contributed by atoms with Gasteiger partial charge in [0, 0.05) is 6.26 Å². The van der Waals surface area contributed by atoms with Crippen molar-refractivity contribution in [2.45, 2.75) is 44.9 Å². The molecule has 1 atom stereocenters. The maximum absolute atomic E-state index is 12.1. The Balaban J connectivity index is 3.06. The lowest BCUT2D eigenvalue weighted by Gasteiger charge is -2.33. The molecule has 0 bridgehead atoms. The predicted octanol–water partition coefficient (Wildman–Crippen LogP) is 2.95. The normalized spacial score (nSPS) is 14.0. The van der Waals surface area contributed by atoms with Crippen molar-refractivity contribution in [1.29, 1.82) is 0 Å². The number of ether oxygens (including phenoxy) is 1. The van der Waals surface area contributed by atoms with Crippen LogP contribution in [0.2, 0.25) is 0 Å². The third-order valence-corrected chi connectivity index (χ3v) is 5.89. The van der Waals surface area contributed by atoms with Crippen molar-refractivity contribution in [2.24, 2.45) is 0 Å². The molecule has 1 unspecified atom stereocenters. The number of benzene rings is 1. The summed E-state index contributed by atoms with van der Waals surface area (Å²) in [6.45, 7) is 8.95. The summed E-state index contributed by atoms with van der Waals surface area (Å²) in [4.78, 5) is 0. The molecule has 0 aromatic heterocycles. The molecule has 1 aromatic carbocycles. The van der Waals surface area contributed by atoms with Crippen molar-refractivity contribution in [1.82, 2.24) is 5.32 Å². The number of hydrogen-bond donors (Lipinski definition) is 1. The lowest BCUT2D eigenvalue weighted by molar-refractivity contribution is 0.317. The average Bonchev–Trinajstić information content (AvgIpc) is 2.42. The maximum Gasteiger partial charge on any atom is 0.154 e. The SMILES string of the molecule is CCCOc1ccc(C(NCC)C(C)(C)S(C)(=O)=O)cc1. The van der Waals surface area contributed by atoms with Crippen LogP contribution in [-0.2, 0) is 9.84 Å². The fourth-order valence-electron chi connectivity index (χ4n) is 2.16. The molecule has 0 aliphatic carbocycles. The van der Waals surface area contributed by atoms with Crippen molar-refractivity contribution in [2.75, 3.05) is 19.4 Å². The Morgan fingerprint density at radius 1 is 1.19 bits per heavy atom. The van der Waals surface area contributed by atoms with E-state index in [4.69, 9.17) is 4.74 Å². The minimum atomic E-state index is -3.19. The van der Waals surface area contributed by atoms with Gasteiger partial charge in [0.05, 0.1) is 17.4 Å². The van der Waals surface area contributed by atoms with E-state index < -0.39 is 14.6 Å². The Hall–Kier alpha value is -1.07. The summed E-state index contributed by atoms with van der Waals surface area (Å²) >= 11 is 0. The highest BCUT2D eigenvalue weighted by Crippen LogP contribution is 2.32. The molecule has 0 radical (unpaired) electrons. The lowest BCUT2D eigenvalue weighted by atomic mass is 9.95. The Kier molecular flexibility index (Phi) is 6.23. The molecule has 0 saturated heterocycles. The van der Waals surface area contributed by atoms with Gasteiger partial charge >= 0.3 is 0 Å². The number of rotatable bonds is 8. The molecule has 4 nitrogen and oxygen atoms in total. The van der Waals surface area contributed by atoms with Crippen molar-refractivity contribution < 1.29 is 13.2 Å². The summed E-state index contributed by atoms with van der Waals surface area (Å²) in [5.74, 6) is 0.813. The standard InChI is InChI=1S/C16H27NO3S/c1-6-12-20-14-10-8-13(9-11-14)15(17-7-2)16(3,4)21(5,18)19/h8-11,15,17H,6-7,12H2,1-5H3. The van der Waals surface area contributed by atoms with Crippen LogP contribution in [0.15, 0.2) is 24.3 Å². The van der Waals surface area contributed by atoms with E-state index in [0.717, 1.165) is 17.7 Å². The van der Waals surface area contributed by atoms with Gasteiger partial charge in [0.15, 0.2) is 9.84 Å². The van der Waals surface area contributed by atoms with Crippen LogP contribution >= 0.6 is 0 Å². The quantitative estimate of drug-likeness (QED) is 0.801. The van der Waals surface area contributed by atoms with E-state index in [2.05, 4.69) is 12.2 Å². The topological polar surface area (TPSA) is 55.4 Å². The van der Waals surface area contributed by atoms with Gasteiger partial charge in [0.2, 0.25) is 0 Å². The Morgan fingerprint density at radius 2 is 1.76 bits per heavy atom. The number of hydrogen-bond acceptors (Lipinski definition) is 4. The van der Waals surface area contributed by atoms with Gasteiger partial charge in [0.1, 0.15) is 5.75 Å². The summed E-state index contributed by atoms with van der Waals surface area (Å²) in [6.07, 6.45) is 2.25. The van der Waals surface area contributed by atoms with E-state index in [1.807, 2.05) is 31.2 Å². The molecule has 0 aliphatic heterocycles. The first-order valence-corrected chi connectivity index (χ1v) is 9.29. The van der Waals surface area contributed by atoms with E-state index >= 15 is 0 Å². The van der Waals surface area contributed by atoms with Crippen molar-refractivity contribution in [3.05, 3.63) is 29.8 Å². The molecule has 0 heterocycles. The zero-order chi connectivity index (χ0) is 16.1. The molecule has 1 N–H and O–H groups in total. The van der Waals surface area contributed by atoms with Crippen molar-refractivity contribution in [3.63, 3.8) is 0 Å². The van der Waals surface area contributed by atoms with Gasteiger partial charge in [-0.2, -0.15) is 0 Å². The van der Waals surface area contributed by atoms with Gasteiger partial charge in [-0.3, -0.25) is 0 Å². The first kappa shape index (κ1) is 18.0. The summed E-state index contributed by atoms with van der Waals surface area (Å²) in [5, 5.41) is 3.29.